The average Bonchev–Trinajstić information content (AvgIpc) is 2.29. The molecule has 0 radical (unpaired) electrons. The van der Waals surface area contributed by atoms with Crippen LogP contribution in [0, 0.1) is 13.0 Å². The van der Waals surface area contributed by atoms with Gasteiger partial charge in [0.15, 0.2) is 5.82 Å². The third kappa shape index (κ3) is 2.25. The number of fused-ring (bicyclic) bond motifs is 1. The molecular weight excluding hydrogens is 169 g/mol. The number of nitrogens with zero attached hydrogens (tertiary/aromatic N) is 3. The molecule has 14 heavy (non-hydrogen) atoms. The molecule has 0 N–H and O–H groups in total. The van der Waals surface area contributed by atoms with Gasteiger partial charge in [-0.3, -0.25) is 5.11 Å². The van der Waals surface area contributed by atoms with Crippen LogP contribution in [0.25, 0.3) is 6.08 Å². The second kappa shape index (κ2) is 4.45. The smallest absolute Gasteiger partial charge is 0.252 e. The molecule has 66 valence electrons. The summed E-state index contributed by atoms with van der Waals surface area (Å²) in [5.74, 6) is 0.693. The van der Waals surface area contributed by atoms with E-state index in [1.807, 2.05) is 26.0 Å². The normalized spacial score (nSPS) is 13.1. The molecule has 2 heterocycles. The Kier molecular flexibility index (Phi) is 3.51. The summed E-state index contributed by atoms with van der Waals surface area (Å²) < 4.78 is 0. The number of hydrogen-bond acceptors (Lipinski definition) is 3. The molecule has 0 bridgehead atoms. The van der Waals surface area contributed by atoms with Crippen molar-refractivity contribution in [1.29, 1.82) is 0 Å². The predicted molar refractivity (Wildman–Crippen MR) is 51.4 cm³/mol. The second-order valence-corrected chi connectivity index (χ2v) is 3.10. The number of azo groups is 1. The molecule has 3 nitrogen and oxygen atoms in total. The molecular formula is C10H10LiN3. The van der Waals surface area contributed by atoms with Crippen LogP contribution < -0.4 is 18.9 Å². The van der Waals surface area contributed by atoms with Gasteiger partial charge in [0, 0.05) is 6.20 Å². The Hall–Kier alpha value is -1.04. The molecule has 0 aliphatic carbocycles. The van der Waals surface area contributed by atoms with Gasteiger partial charge in [0.05, 0.1) is 0 Å². The van der Waals surface area contributed by atoms with Gasteiger partial charge < -0.3 is 0 Å². The Balaban J connectivity index is 0.000000980. The van der Waals surface area contributed by atoms with Gasteiger partial charge in [0.25, 0.3) is 0 Å². The van der Waals surface area contributed by atoms with Gasteiger partial charge in [-0.1, -0.05) is 24.6 Å². The summed E-state index contributed by atoms with van der Waals surface area (Å²) in [5, 5.41) is 8.01. The fourth-order valence-corrected chi connectivity index (χ4v) is 1.16. The van der Waals surface area contributed by atoms with Crippen molar-refractivity contribution < 1.29 is 18.9 Å². The maximum Gasteiger partial charge on any atom is 1.00 e. The van der Waals surface area contributed by atoms with Crippen LogP contribution >= 0.6 is 0 Å². The minimum atomic E-state index is 0. The average molecular weight is 179 g/mol. The zero-order valence-electron chi connectivity index (χ0n) is 8.65. The molecule has 2 rings (SSSR count). The Morgan fingerprint density at radius 1 is 1.36 bits per heavy atom. The minimum Gasteiger partial charge on any atom is -0.252 e. The zero-order chi connectivity index (χ0) is 9.26. The number of aromatic nitrogens is 1. The van der Waals surface area contributed by atoms with E-state index >= 15 is 0 Å². The van der Waals surface area contributed by atoms with Gasteiger partial charge in [-0.05, 0) is 12.5 Å². The number of hydrogen-bond donors (Lipinski definition) is 0. The fraction of sp³-hybridized carbons (Fsp3) is 0.200. The number of aryl methyl sites for hydroxylation is 1. The van der Waals surface area contributed by atoms with Crippen molar-refractivity contribution >= 4 is 11.9 Å². The molecule has 1 aliphatic heterocycles. The monoisotopic (exact) mass is 179 g/mol. The van der Waals surface area contributed by atoms with Crippen LogP contribution in [0.1, 0.15) is 18.1 Å². The summed E-state index contributed by atoms with van der Waals surface area (Å²) >= 11 is 0. The molecule has 0 saturated carbocycles. The molecule has 0 amide bonds. The molecule has 4 heteroatoms. The summed E-state index contributed by atoms with van der Waals surface area (Å²) in [6.45, 7) is 3.93. The molecule has 0 fully saturated rings. The molecule has 0 atom stereocenters. The maximum absolute atomic E-state index is 4.19. The zero-order valence-corrected chi connectivity index (χ0v) is 8.65. The predicted octanol–water partition coefficient (Wildman–Crippen LogP) is 0.0564. The second-order valence-electron chi connectivity index (χ2n) is 3.10. The topological polar surface area (TPSA) is 37.6 Å². The number of rotatable bonds is 0. The van der Waals surface area contributed by atoms with E-state index in [4.69, 9.17) is 0 Å². The van der Waals surface area contributed by atoms with Crippen molar-refractivity contribution in [1.82, 2.24) is 4.98 Å². The molecule has 0 aromatic carbocycles. The van der Waals surface area contributed by atoms with Gasteiger partial charge in [-0.2, -0.15) is 11.2 Å². The molecule has 0 spiro atoms. The summed E-state index contributed by atoms with van der Waals surface area (Å²) in [4.78, 5) is 4.19. The van der Waals surface area contributed by atoms with E-state index in [9.17, 15) is 0 Å². The standard InChI is InChI=1S/C10H10N3.Li/c1-7-5-9-4-3-8(2)12-13-10(9)11-6-7;/h3-6H,1-2H3;/q-1;+1. The van der Waals surface area contributed by atoms with Crippen LogP contribution in [0.4, 0.5) is 5.82 Å². The van der Waals surface area contributed by atoms with Crippen molar-refractivity contribution in [3.8, 4) is 0 Å². The Morgan fingerprint density at radius 2 is 2.14 bits per heavy atom. The van der Waals surface area contributed by atoms with E-state index in [-0.39, 0.29) is 18.9 Å². The quantitative estimate of drug-likeness (QED) is 0.410. The van der Waals surface area contributed by atoms with Crippen LogP contribution in [-0.4, -0.2) is 4.98 Å². The van der Waals surface area contributed by atoms with Crippen LogP contribution in [0.5, 0.6) is 0 Å². The first-order valence-electron chi connectivity index (χ1n) is 4.16. The van der Waals surface area contributed by atoms with Gasteiger partial charge in [0.2, 0.25) is 0 Å². The third-order valence-corrected chi connectivity index (χ3v) is 1.84. The Bertz CT molecular complexity index is 385. The van der Waals surface area contributed by atoms with Gasteiger partial charge in [0.1, 0.15) is 0 Å². The van der Waals surface area contributed by atoms with Crippen molar-refractivity contribution in [3.63, 3.8) is 0 Å². The van der Waals surface area contributed by atoms with Crippen LogP contribution in [0.15, 0.2) is 28.6 Å². The van der Waals surface area contributed by atoms with E-state index < -0.39 is 0 Å². The molecule has 0 saturated heterocycles. The van der Waals surface area contributed by atoms with E-state index in [2.05, 4.69) is 21.3 Å². The van der Waals surface area contributed by atoms with Gasteiger partial charge >= 0.3 is 18.9 Å². The Morgan fingerprint density at radius 3 is 2.93 bits per heavy atom. The summed E-state index contributed by atoms with van der Waals surface area (Å²) in [6.07, 6.45) is 5.73. The first-order chi connectivity index (χ1) is 6.25. The van der Waals surface area contributed by atoms with Gasteiger partial charge in [-0.15, -0.1) is 0 Å². The number of pyridine rings is 1. The Labute approximate surface area is 95.5 Å². The first kappa shape index (κ1) is 11.0. The summed E-state index contributed by atoms with van der Waals surface area (Å²) in [7, 11) is 0. The van der Waals surface area contributed by atoms with Crippen molar-refractivity contribution in [2.45, 2.75) is 13.8 Å². The summed E-state index contributed by atoms with van der Waals surface area (Å²) in [5.41, 5.74) is 2.17. The largest absolute Gasteiger partial charge is 1.00 e. The minimum absolute atomic E-state index is 0. The molecule has 1 aromatic rings. The van der Waals surface area contributed by atoms with E-state index in [0.717, 1.165) is 17.2 Å². The van der Waals surface area contributed by atoms with Crippen LogP contribution in [0.3, 0.4) is 0 Å². The first-order valence-corrected chi connectivity index (χ1v) is 4.16. The fourth-order valence-electron chi connectivity index (χ4n) is 1.16. The van der Waals surface area contributed by atoms with Crippen LogP contribution in [0.2, 0.25) is 0 Å². The molecule has 1 aromatic heterocycles. The van der Waals surface area contributed by atoms with E-state index in [1.165, 1.54) is 0 Å². The SMILES string of the molecule is Cc1cnc2c(c1)C=C[C-](C)N=N2.[Li+]. The van der Waals surface area contributed by atoms with Crippen LogP contribution in [-0.2, 0) is 0 Å². The van der Waals surface area contributed by atoms with Crippen molar-refractivity contribution in [2.75, 3.05) is 0 Å². The van der Waals surface area contributed by atoms with E-state index in [1.54, 1.807) is 6.20 Å². The van der Waals surface area contributed by atoms with Gasteiger partial charge in [-0.25, -0.2) is 11.1 Å². The molecule has 1 aliphatic rings. The van der Waals surface area contributed by atoms with E-state index in [0.29, 0.717) is 5.82 Å². The maximum atomic E-state index is 4.19. The summed E-state index contributed by atoms with van der Waals surface area (Å²) in [6, 6.07) is 2.95. The molecule has 0 unspecified atom stereocenters. The van der Waals surface area contributed by atoms with Crippen molar-refractivity contribution in [2.24, 2.45) is 10.2 Å². The third-order valence-electron chi connectivity index (χ3n) is 1.84. The van der Waals surface area contributed by atoms with Crippen molar-refractivity contribution in [3.05, 3.63) is 35.5 Å².